The number of carbonyl (C=O) groups is 1. The first-order chi connectivity index (χ1) is 7.79. The largest absolute Gasteiger partial charge is 0.465 e. The number of thiazole rings is 1. The first-order valence-electron chi connectivity index (χ1n) is 4.39. The molecule has 0 amide bonds. The highest BCUT2D eigenvalue weighted by atomic mass is 32.1. The van der Waals surface area contributed by atoms with E-state index in [1.807, 2.05) is 0 Å². The number of pyridine rings is 1. The first-order valence-corrected chi connectivity index (χ1v) is 5.27. The Labute approximate surface area is 95.7 Å². The van der Waals surface area contributed by atoms with Gasteiger partial charge in [-0.15, -0.1) is 0 Å². The van der Waals surface area contributed by atoms with E-state index >= 15 is 0 Å². The molecule has 0 aromatic carbocycles. The second-order valence-corrected chi connectivity index (χ2v) is 3.67. The second kappa shape index (κ2) is 4.71. The van der Waals surface area contributed by atoms with E-state index in [2.05, 4.69) is 14.7 Å². The minimum atomic E-state index is -0.442. The van der Waals surface area contributed by atoms with Gasteiger partial charge in [-0.25, -0.2) is 9.78 Å². The molecule has 0 aliphatic carbocycles. The summed E-state index contributed by atoms with van der Waals surface area (Å²) in [5, 5.41) is 0.642. The van der Waals surface area contributed by atoms with Crippen molar-refractivity contribution in [2.24, 2.45) is 0 Å². The van der Waals surface area contributed by atoms with Gasteiger partial charge in [0.05, 0.1) is 30.6 Å². The molecule has 0 aliphatic rings. The lowest BCUT2D eigenvalue weighted by Crippen LogP contribution is -2.01. The van der Waals surface area contributed by atoms with Crippen LogP contribution in [0.25, 0.3) is 0 Å². The van der Waals surface area contributed by atoms with Crippen LogP contribution in [-0.4, -0.2) is 23.0 Å². The maximum Gasteiger partial charge on any atom is 0.339 e. The number of esters is 1. The maximum atomic E-state index is 11.2. The van der Waals surface area contributed by atoms with Crippen molar-refractivity contribution in [3.63, 3.8) is 0 Å². The zero-order valence-electron chi connectivity index (χ0n) is 8.41. The van der Waals surface area contributed by atoms with Gasteiger partial charge in [0.15, 0.2) is 0 Å². The number of hydrogen-bond donors (Lipinski definition) is 0. The van der Waals surface area contributed by atoms with Gasteiger partial charge >= 0.3 is 5.97 Å². The average Bonchev–Trinajstić information content (AvgIpc) is 2.81. The molecule has 6 heteroatoms. The van der Waals surface area contributed by atoms with Crippen LogP contribution in [0.5, 0.6) is 10.8 Å². The van der Waals surface area contributed by atoms with Gasteiger partial charge in [-0.3, -0.25) is 4.98 Å². The summed E-state index contributed by atoms with van der Waals surface area (Å²) in [7, 11) is 1.32. The molecule has 0 spiro atoms. The summed E-state index contributed by atoms with van der Waals surface area (Å²) < 4.78 is 10.0. The number of methoxy groups -OCH3 is 1. The van der Waals surface area contributed by atoms with Gasteiger partial charge < -0.3 is 9.47 Å². The zero-order valence-corrected chi connectivity index (χ0v) is 9.23. The van der Waals surface area contributed by atoms with Crippen molar-refractivity contribution >= 4 is 17.3 Å². The topological polar surface area (TPSA) is 61.3 Å². The Morgan fingerprint density at radius 2 is 2.19 bits per heavy atom. The summed E-state index contributed by atoms with van der Waals surface area (Å²) >= 11 is 1.36. The molecule has 2 aromatic rings. The summed E-state index contributed by atoms with van der Waals surface area (Å²) in [6.45, 7) is 0. The van der Waals surface area contributed by atoms with Gasteiger partial charge in [-0.1, -0.05) is 11.3 Å². The SMILES string of the molecule is COC(=O)c1cncc(Oc2cncs2)c1. The predicted molar refractivity (Wildman–Crippen MR) is 57.8 cm³/mol. The van der Waals surface area contributed by atoms with Crippen LogP contribution in [0, 0.1) is 0 Å². The van der Waals surface area contributed by atoms with Crippen LogP contribution in [0.2, 0.25) is 0 Å². The van der Waals surface area contributed by atoms with Crippen molar-refractivity contribution in [3.05, 3.63) is 35.7 Å². The fourth-order valence-corrected chi connectivity index (χ4v) is 1.57. The van der Waals surface area contributed by atoms with Gasteiger partial charge in [0.2, 0.25) is 5.06 Å². The minimum Gasteiger partial charge on any atom is -0.465 e. The molecule has 0 atom stereocenters. The molecule has 0 fully saturated rings. The Balaban J connectivity index is 2.19. The van der Waals surface area contributed by atoms with E-state index in [1.54, 1.807) is 17.8 Å². The summed E-state index contributed by atoms with van der Waals surface area (Å²) in [6.07, 6.45) is 4.53. The Kier molecular flexibility index (Phi) is 3.11. The zero-order chi connectivity index (χ0) is 11.4. The first kappa shape index (κ1) is 10.6. The summed E-state index contributed by atoms with van der Waals surface area (Å²) in [4.78, 5) is 19.0. The van der Waals surface area contributed by atoms with Crippen molar-refractivity contribution in [1.82, 2.24) is 9.97 Å². The molecular weight excluding hydrogens is 228 g/mol. The van der Waals surface area contributed by atoms with Gasteiger partial charge in [0.1, 0.15) is 5.75 Å². The predicted octanol–water partition coefficient (Wildman–Crippen LogP) is 2.12. The lowest BCUT2D eigenvalue weighted by molar-refractivity contribution is 0.0600. The monoisotopic (exact) mass is 236 g/mol. The molecule has 2 heterocycles. The molecular formula is C10H8N2O3S. The van der Waals surface area contributed by atoms with Gasteiger partial charge in [-0.05, 0) is 6.07 Å². The van der Waals surface area contributed by atoms with Crippen molar-refractivity contribution in [1.29, 1.82) is 0 Å². The van der Waals surface area contributed by atoms with Crippen LogP contribution in [-0.2, 0) is 4.74 Å². The standard InChI is InChI=1S/C10H8N2O3S/c1-14-10(13)7-2-8(4-11-3-7)15-9-5-12-6-16-9/h2-6H,1H3. The van der Waals surface area contributed by atoms with E-state index in [1.165, 1.54) is 30.8 Å². The third-order valence-electron chi connectivity index (χ3n) is 1.76. The quantitative estimate of drug-likeness (QED) is 0.764. The number of hydrogen-bond acceptors (Lipinski definition) is 6. The lowest BCUT2D eigenvalue weighted by Gasteiger charge is -2.03. The number of carbonyl (C=O) groups excluding carboxylic acids is 1. The number of ether oxygens (including phenoxy) is 2. The average molecular weight is 236 g/mol. The Bertz CT molecular complexity index is 485. The van der Waals surface area contributed by atoms with Crippen LogP contribution >= 0.6 is 11.3 Å². The van der Waals surface area contributed by atoms with Gasteiger partial charge in [0.25, 0.3) is 0 Å². The fraction of sp³-hybridized carbons (Fsp3) is 0.100. The molecule has 82 valence electrons. The van der Waals surface area contributed by atoms with E-state index in [0.717, 1.165) is 0 Å². The van der Waals surface area contributed by atoms with E-state index in [4.69, 9.17) is 4.74 Å². The molecule has 2 rings (SSSR count). The number of aromatic nitrogens is 2. The van der Waals surface area contributed by atoms with Crippen LogP contribution in [0.1, 0.15) is 10.4 Å². The Hall–Kier alpha value is -1.95. The molecule has 5 nitrogen and oxygen atoms in total. The molecule has 0 N–H and O–H groups in total. The summed E-state index contributed by atoms with van der Waals surface area (Å²) in [5.41, 5.74) is 2.01. The maximum absolute atomic E-state index is 11.2. The van der Waals surface area contributed by atoms with Crippen molar-refractivity contribution in [3.8, 4) is 10.8 Å². The van der Waals surface area contributed by atoms with Crippen LogP contribution in [0.3, 0.4) is 0 Å². The normalized spacial score (nSPS) is 9.81. The van der Waals surface area contributed by atoms with E-state index in [0.29, 0.717) is 16.4 Å². The third-order valence-corrected chi connectivity index (χ3v) is 2.41. The van der Waals surface area contributed by atoms with Crippen LogP contribution in [0.15, 0.2) is 30.2 Å². The molecule has 0 unspecified atom stereocenters. The summed E-state index contributed by atoms with van der Waals surface area (Å²) in [6, 6.07) is 1.57. The highest BCUT2D eigenvalue weighted by Crippen LogP contribution is 2.24. The van der Waals surface area contributed by atoms with E-state index in [-0.39, 0.29) is 0 Å². The van der Waals surface area contributed by atoms with Crippen molar-refractivity contribution in [2.45, 2.75) is 0 Å². The van der Waals surface area contributed by atoms with Crippen LogP contribution < -0.4 is 4.74 Å². The third kappa shape index (κ3) is 2.34. The van der Waals surface area contributed by atoms with Gasteiger partial charge in [-0.2, -0.15) is 0 Å². The van der Waals surface area contributed by atoms with Crippen molar-refractivity contribution in [2.75, 3.05) is 7.11 Å². The number of nitrogens with zero attached hydrogens (tertiary/aromatic N) is 2. The second-order valence-electron chi connectivity index (χ2n) is 2.82. The minimum absolute atomic E-state index is 0.351. The highest BCUT2D eigenvalue weighted by Gasteiger charge is 2.07. The molecule has 0 aliphatic heterocycles. The van der Waals surface area contributed by atoms with Gasteiger partial charge in [0, 0.05) is 6.20 Å². The smallest absolute Gasteiger partial charge is 0.339 e. The molecule has 0 bridgehead atoms. The summed E-state index contributed by atoms with van der Waals surface area (Å²) in [5.74, 6) is 0.0365. The van der Waals surface area contributed by atoms with E-state index in [9.17, 15) is 4.79 Å². The highest BCUT2D eigenvalue weighted by molar-refractivity contribution is 7.11. The molecule has 0 saturated heterocycles. The molecule has 2 aromatic heterocycles. The van der Waals surface area contributed by atoms with Crippen LogP contribution in [0.4, 0.5) is 0 Å². The van der Waals surface area contributed by atoms with Crippen molar-refractivity contribution < 1.29 is 14.3 Å². The molecule has 16 heavy (non-hydrogen) atoms. The molecule has 0 saturated carbocycles. The Morgan fingerprint density at radius 3 is 2.88 bits per heavy atom. The van der Waals surface area contributed by atoms with E-state index < -0.39 is 5.97 Å². The Morgan fingerprint density at radius 1 is 1.31 bits per heavy atom. The molecule has 0 radical (unpaired) electrons. The lowest BCUT2D eigenvalue weighted by atomic mass is 10.3. The fourth-order valence-electron chi connectivity index (χ4n) is 1.07. The number of rotatable bonds is 3.